The van der Waals surface area contributed by atoms with E-state index >= 15 is 0 Å². The van der Waals surface area contributed by atoms with Crippen LogP contribution in [0.5, 0.6) is 0 Å². The van der Waals surface area contributed by atoms with E-state index in [1.807, 2.05) is 83.9 Å². The Hall–Kier alpha value is -3.45. The minimum atomic E-state index is -0.0998. The lowest BCUT2D eigenvalue weighted by molar-refractivity contribution is 0.0954. The third-order valence-electron chi connectivity index (χ3n) is 5.06. The molecule has 3 heterocycles. The van der Waals surface area contributed by atoms with Crippen molar-refractivity contribution >= 4 is 38.5 Å². The predicted molar refractivity (Wildman–Crippen MR) is 116 cm³/mol. The first-order valence-electron chi connectivity index (χ1n) is 9.35. The van der Waals surface area contributed by atoms with Gasteiger partial charge in [0.25, 0.3) is 5.91 Å². The van der Waals surface area contributed by atoms with Crippen molar-refractivity contribution < 1.29 is 4.79 Å². The molecule has 0 spiro atoms. The van der Waals surface area contributed by atoms with Crippen LogP contribution in [0.15, 0.2) is 60.7 Å². The number of aryl methyl sites for hydroxylation is 2. The largest absolute Gasteiger partial charge is 0.344 e. The van der Waals surface area contributed by atoms with Crippen molar-refractivity contribution in [3.05, 3.63) is 77.1 Å². The summed E-state index contributed by atoms with van der Waals surface area (Å²) in [5.41, 5.74) is 3.88. The molecule has 7 heteroatoms. The normalized spacial score (nSPS) is 11.4. The molecule has 1 N–H and O–H groups in total. The second-order valence-corrected chi connectivity index (χ2v) is 7.95. The highest BCUT2D eigenvalue weighted by Gasteiger charge is 2.17. The Balaban J connectivity index is 1.42. The molecule has 1 amide bonds. The van der Waals surface area contributed by atoms with Crippen LogP contribution < -0.4 is 5.32 Å². The summed E-state index contributed by atoms with van der Waals surface area (Å²) in [5, 5.41) is 8.64. The van der Waals surface area contributed by atoms with Crippen LogP contribution in [0.2, 0.25) is 0 Å². The summed E-state index contributed by atoms with van der Waals surface area (Å²) >= 11 is 1.45. The number of aromatic nitrogens is 4. The lowest BCUT2D eigenvalue weighted by Crippen LogP contribution is -2.23. The molecule has 144 valence electrons. The number of nitrogens with one attached hydrogen (secondary N) is 1. The van der Waals surface area contributed by atoms with Gasteiger partial charge in [-0.3, -0.25) is 4.79 Å². The summed E-state index contributed by atoms with van der Waals surface area (Å²) in [4.78, 5) is 19.1. The van der Waals surface area contributed by atoms with Crippen LogP contribution in [0.25, 0.3) is 26.9 Å². The standard InChI is InChI=1S/C22H19N5OS/c1-14-16-12-19(29-22(16)27(25-14)15-8-4-3-5-9-15)21(28)23-13-20-24-17-10-6-7-11-18(17)26(20)2/h3-12H,13H2,1-2H3,(H,23,28). The van der Waals surface area contributed by atoms with E-state index in [9.17, 15) is 4.79 Å². The van der Waals surface area contributed by atoms with Gasteiger partial charge in [-0.2, -0.15) is 5.10 Å². The van der Waals surface area contributed by atoms with Crippen LogP contribution in [0, 0.1) is 6.92 Å². The van der Waals surface area contributed by atoms with Crippen molar-refractivity contribution in [3.63, 3.8) is 0 Å². The highest BCUT2D eigenvalue weighted by Crippen LogP contribution is 2.30. The number of rotatable bonds is 4. The average molecular weight is 401 g/mol. The van der Waals surface area contributed by atoms with Gasteiger partial charge in [-0.25, -0.2) is 9.67 Å². The summed E-state index contributed by atoms with van der Waals surface area (Å²) in [6.45, 7) is 2.34. The minimum absolute atomic E-state index is 0.0998. The van der Waals surface area contributed by atoms with E-state index in [1.54, 1.807) is 0 Å². The second-order valence-electron chi connectivity index (χ2n) is 6.92. The molecular weight excluding hydrogens is 382 g/mol. The van der Waals surface area contributed by atoms with Gasteiger partial charge in [0.05, 0.1) is 33.8 Å². The topological polar surface area (TPSA) is 64.7 Å². The molecule has 0 fully saturated rings. The van der Waals surface area contributed by atoms with Gasteiger partial charge in [0.15, 0.2) is 0 Å². The Bertz CT molecular complexity index is 1350. The number of benzene rings is 2. The summed E-state index contributed by atoms with van der Waals surface area (Å²) in [6, 6.07) is 19.8. The molecule has 0 atom stereocenters. The highest BCUT2D eigenvalue weighted by molar-refractivity contribution is 7.20. The van der Waals surface area contributed by atoms with E-state index in [4.69, 9.17) is 0 Å². The molecule has 5 aromatic rings. The maximum Gasteiger partial charge on any atom is 0.261 e. The zero-order chi connectivity index (χ0) is 20.0. The van der Waals surface area contributed by atoms with Crippen molar-refractivity contribution in [2.45, 2.75) is 13.5 Å². The van der Waals surface area contributed by atoms with E-state index < -0.39 is 0 Å². The van der Waals surface area contributed by atoms with Crippen molar-refractivity contribution in [2.75, 3.05) is 0 Å². The first kappa shape index (κ1) is 17.6. The number of para-hydroxylation sites is 3. The zero-order valence-corrected chi connectivity index (χ0v) is 16.9. The lowest BCUT2D eigenvalue weighted by atomic mass is 10.3. The van der Waals surface area contributed by atoms with Crippen molar-refractivity contribution in [1.29, 1.82) is 0 Å². The number of carbonyl (C=O) groups excluding carboxylic acids is 1. The van der Waals surface area contributed by atoms with Crippen molar-refractivity contribution in [1.82, 2.24) is 24.6 Å². The van der Waals surface area contributed by atoms with E-state index in [1.165, 1.54) is 11.3 Å². The maximum atomic E-state index is 12.8. The summed E-state index contributed by atoms with van der Waals surface area (Å²) in [5.74, 6) is 0.726. The van der Waals surface area contributed by atoms with Gasteiger partial charge in [-0.05, 0) is 37.3 Å². The molecule has 0 saturated carbocycles. The second kappa shape index (κ2) is 6.86. The Morgan fingerprint density at radius 3 is 2.66 bits per heavy atom. The number of amides is 1. The van der Waals surface area contributed by atoms with Gasteiger partial charge in [0, 0.05) is 12.4 Å². The zero-order valence-electron chi connectivity index (χ0n) is 16.1. The minimum Gasteiger partial charge on any atom is -0.344 e. The van der Waals surface area contributed by atoms with E-state index in [-0.39, 0.29) is 5.91 Å². The SMILES string of the molecule is Cc1nn(-c2ccccc2)c2sc(C(=O)NCc3nc4ccccc4n3C)cc12. The number of hydrogen-bond donors (Lipinski definition) is 1. The van der Waals surface area contributed by atoms with E-state index in [0.29, 0.717) is 11.4 Å². The first-order chi connectivity index (χ1) is 14.1. The molecule has 0 saturated heterocycles. The maximum absolute atomic E-state index is 12.8. The fourth-order valence-corrected chi connectivity index (χ4v) is 4.60. The van der Waals surface area contributed by atoms with Gasteiger partial charge in [0.1, 0.15) is 10.7 Å². The molecule has 3 aromatic heterocycles. The molecule has 0 bridgehead atoms. The van der Waals surface area contributed by atoms with Gasteiger partial charge in [-0.1, -0.05) is 30.3 Å². The number of hydrogen-bond acceptors (Lipinski definition) is 4. The predicted octanol–water partition coefficient (Wildman–Crippen LogP) is 4.21. The molecule has 0 aliphatic heterocycles. The third kappa shape index (κ3) is 3.00. The Morgan fingerprint density at radius 2 is 1.86 bits per heavy atom. The van der Waals surface area contributed by atoms with E-state index in [2.05, 4.69) is 15.4 Å². The van der Waals surface area contributed by atoms with Gasteiger partial charge < -0.3 is 9.88 Å². The Kier molecular flexibility index (Phi) is 4.17. The fraction of sp³-hybridized carbons (Fsp3) is 0.136. The molecule has 0 aliphatic carbocycles. The molecule has 0 radical (unpaired) electrons. The summed E-state index contributed by atoms with van der Waals surface area (Å²) < 4.78 is 3.91. The van der Waals surface area contributed by atoms with Crippen LogP contribution in [0.1, 0.15) is 21.2 Å². The Labute approximate surface area is 171 Å². The molecule has 5 rings (SSSR count). The number of nitrogens with zero attached hydrogens (tertiary/aromatic N) is 4. The monoisotopic (exact) mass is 401 g/mol. The molecule has 0 unspecified atom stereocenters. The number of thiophene rings is 1. The van der Waals surface area contributed by atoms with Gasteiger partial charge >= 0.3 is 0 Å². The lowest BCUT2D eigenvalue weighted by Gasteiger charge is -2.04. The third-order valence-corrected chi connectivity index (χ3v) is 6.17. The molecule has 6 nitrogen and oxygen atoms in total. The number of fused-ring (bicyclic) bond motifs is 2. The molecule has 2 aromatic carbocycles. The smallest absolute Gasteiger partial charge is 0.261 e. The number of imidazole rings is 1. The van der Waals surface area contributed by atoms with Crippen LogP contribution in [-0.2, 0) is 13.6 Å². The molecule has 29 heavy (non-hydrogen) atoms. The quantitative estimate of drug-likeness (QED) is 0.491. The Morgan fingerprint density at radius 1 is 1.10 bits per heavy atom. The van der Waals surface area contributed by atoms with Gasteiger partial charge in [-0.15, -0.1) is 11.3 Å². The van der Waals surface area contributed by atoms with Crippen molar-refractivity contribution in [3.8, 4) is 5.69 Å². The van der Waals surface area contributed by atoms with Gasteiger partial charge in [0.2, 0.25) is 0 Å². The first-order valence-corrected chi connectivity index (χ1v) is 10.2. The van der Waals surface area contributed by atoms with Crippen LogP contribution in [0.3, 0.4) is 0 Å². The molecule has 0 aliphatic rings. The van der Waals surface area contributed by atoms with Crippen molar-refractivity contribution in [2.24, 2.45) is 7.05 Å². The highest BCUT2D eigenvalue weighted by atomic mass is 32.1. The van der Waals surface area contributed by atoms with Crippen LogP contribution in [-0.4, -0.2) is 25.2 Å². The molecular formula is C22H19N5OS. The summed E-state index contributed by atoms with van der Waals surface area (Å²) in [6.07, 6.45) is 0. The average Bonchev–Trinajstić information content (AvgIpc) is 3.41. The van der Waals surface area contributed by atoms with Crippen LogP contribution >= 0.6 is 11.3 Å². The van der Waals surface area contributed by atoms with Crippen LogP contribution in [0.4, 0.5) is 0 Å². The summed E-state index contributed by atoms with van der Waals surface area (Å²) in [7, 11) is 1.97. The number of carbonyl (C=O) groups is 1. The van der Waals surface area contributed by atoms with E-state index in [0.717, 1.165) is 38.5 Å². The fourth-order valence-electron chi connectivity index (χ4n) is 3.50.